The molecule has 1 N–H and O–H groups in total. The summed E-state index contributed by atoms with van der Waals surface area (Å²) in [5.41, 5.74) is 2.99. The maximum atomic E-state index is 11.2. The van der Waals surface area contributed by atoms with Crippen LogP contribution in [-0.2, 0) is 15.5 Å². The van der Waals surface area contributed by atoms with Crippen LogP contribution in [0.3, 0.4) is 0 Å². The zero-order valence-corrected chi connectivity index (χ0v) is 11.5. The molecule has 0 aliphatic heterocycles. The molecule has 0 aromatic rings. The topological polar surface area (TPSA) is 54.4 Å². The molecule has 4 heteroatoms. The molecule has 0 amide bonds. The van der Waals surface area contributed by atoms with Crippen LogP contribution in [0.1, 0.15) is 26.3 Å². The van der Waals surface area contributed by atoms with Crippen molar-refractivity contribution in [2.45, 2.75) is 31.1 Å². The van der Waals surface area contributed by atoms with E-state index in [1.54, 1.807) is 6.07 Å². The largest absolute Gasteiger partial charge is 0.294 e. The lowest BCUT2D eigenvalue weighted by Gasteiger charge is -2.19. The fraction of sp³-hybridized carbons (Fsp3) is 0.286. The molecule has 0 spiro atoms. The Morgan fingerprint density at radius 3 is 2.28 bits per heavy atom. The van der Waals surface area contributed by atoms with Crippen molar-refractivity contribution in [2.24, 2.45) is 0 Å². The van der Waals surface area contributed by atoms with E-state index in [1.165, 1.54) is 12.1 Å². The molecule has 0 atom stereocenters. The van der Waals surface area contributed by atoms with Crippen LogP contribution in [0, 0.1) is 0 Å². The van der Waals surface area contributed by atoms with Gasteiger partial charge in [0.05, 0.1) is 4.90 Å². The van der Waals surface area contributed by atoms with Gasteiger partial charge in [-0.3, -0.25) is 4.55 Å². The van der Waals surface area contributed by atoms with Crippen molar-refractivity contribution in [1.82, 2.24) is 0 Å². The van der Waals surface area contributed by atoms with Crippen molar-refractivity contribution in [3.8, 4) is 11.1 Å². The Balaban J connectivity index is 2.67. The molecule has 2 aliphatic rings. The fourth-order valence-corrected chi connectivity index (χ4v) is 2.60. The van der Waals surface area contributed by atoms with Gasteiger partial charge in [-0.25, -0.2) is 0 Å². The van der Waals surface area contributed by atoms with E-state index < -0.39 is 10.1 Å². The highest BCUT2D eigenvalue weighted by atomic mass is 32.2. The third-order valence-corrected chi connectivity index (χ3v) is 3.81. The van der Waals surface area contributed by atoms with Gasteiger partial charge < -0.3 is 0 Å². The number of fused-ring (bicyclic) bond motifs is 1. The highest BCUT2D eigenvalue weighted by molar-refractivity contribution is 7.85. The maximum absolute atomic E-state index is 11.2. The molecule has 0 heterocycles. The molecule has 2 aliphatic carbocycles. The molecule has 2 rings (SSSR count). The van der Waals surface area contributed by atoms with Gasteiger partial charge in [0, 0.05) is 0 Å². The molecule has 0 aromatic heterocycles. The summed E-state index contributed by atoms with van der Waals surface area (Å²) in [6, 6.07) is 10.3. The fourth-order valence-electron chi connectivity index (χ4n) is 2.08. The summed E-state index contributed by atoms with van der Waals surface area (Å²) in [6.07, 6.45) is 0. The Morgan fingerprint density at radius 2 is 1.72 bits per heavy atom. The Bertz CT molecular complexity index is 651. The van der Waals surface area contributed by atoms with Crippen molar-refractivity contribution in [2.75, 3.05) is 0 Å². The van der Waals surface area contributed by atoms with Crippen LogP contribution in [0.4, 0.5) is 0 Å². The summed E-state index contributed by atoms with van der Waals surface area (Å²) in [5.74, 6) is 0. The van der Waals surface area contributed by atoms with Crippen molar-refractivity contribution in [3.05, 3.63) is 42.0 Å². The molecular weight excluding hydrogens is 248 g/mol. The summed E-state index contributed by atoms with van der Waals surface area (Å²) >= 11 is 0. The first-order valence-corrected chi connectivity index (χ1v) is 7.14. The van der Waals surface area contributed by atoms with Crippen molar-refractivity contribution in [1.29, 1.82) is 0 Å². The highest BCUT2D eigenvalue weighted by Gasteiger charge is 2.21. The zero-order chi connectivity index (χ0) is 13.6. The Morgan fingerprint density at radius 1 is 1.06 bits per heavy atom. The lowest BCUT2D eigenvalue weighted by atomic mass is 9.86. The smallest absolute Gasteiger partial charge is 0.282 e. The van der Waals surface area contributed by atoms with E-state index in [9.17, 15) is 8.42 Å². The van der Waals surface area contributed by atoms with Gasteiger partial charge in [0.25, 0.3) is 10.1 Å². The molecule has 0 bridgehead atoms. The molecule has 18 heavy (non-hydrogen) atoms. The SMILES string of the molecule is CC(C)(C)c1ccc2cc(S(=O)(=O)O)cccc1-2. The van der Waals surface area contributed by atoms with Crippen LogP contribution in [0.15, 0.2) is 41.3 Å². The molecule has 96 valence electrons. The third kappa shape index (κ3) is 2.40. The van der Waals surface area contributed by atoms with E-state index in [-0.39, 0.29) is 10.3 Å². The van der Waals surface area contributed by atoms with Gasteiger partial charge in [-0.1, -0.05) is 45.0 Å². The number of hydrogen-bond acceptors (Lipinski definition) is 2. The standard InChI is InChI=1S/C14H16O3S/c1-14(2,3)13-8-7-10-9-11(18(15,16)17)5-4-6-12(10)13/h4-9H,1-3H3,(H,15,16,17). The number of hydrogen-bond donors (Lipinski definition) is 1. The van der Waals surface area contributed by atoms with E-state index >= 15 is 0 Å². The van der Waals surface area contributed by atoms with Crippen LogP contribution >= 0.6 is 0 Å². The van der Waals surface area contributed by atoms with Crippen molar-refractivity contribution >= 4 is 10.1 Å². The van der Waals surface area contributed by atoms with Crippen LogP contribution in [-0.4, -0.2) is 13.0 Å². The van der Waals surface area contributed by atoms with Gasteiger partial charge in [0.1, 0.15) is 0 Å². The molecule has 0 radical (unpaired) electrons. The van der Waals surface area contributed by atoms with Crippen LogP contribution < -0.4 is 0 Å². The van der Waals surface area contributed by atoms with E-state index in [1.807, 2.05) is 18.2 Å². The Labute approximate surface area is 108 Å². The van der Waals surface area contributed by atoms with Gasteiger partial charge in [-0.15, -0.1) is 0 Å². The van der Waals surface area contributed by atoms with Crippen LogP contribution in [0.2, 0.25) is 0 Å². The third-order valence-electron chi connectivity index (χ3n) is 2.96. The first-order valence-electron chi connectivity index (χ1n) is 5.70. The van der Waals surface area contributed by atoms with Crippen molar-refractivity contribution < 1.29 is 13.0 Å². The monoisotopic (exact) mass is 264 g/mol. The summed E-state index contributed by atoms with van der Waals surface area (Å²) in [7, 11) is -4.16. The second-order valence-electron chi connectivity index (χ2n) is 5.41. The minimum atomic E-state index is -4.16. The maximum Gasteiger partial charge on any atom is 0.294 e. The number of rotatable bonds is 1. The summed E-state index contributed by atoms with van der Waals surface area (Å²) < 4.78 is 31.4. The lowest BCUT2D eigenvalue weighted by molar-refractivity contribution is 0.483. The first kappa shape index (κ1) is 13.1. The molecule has 0 fully saturated rings. The predicted molar refractivity (Wildman–Crippen MR) is 71.6 cm³/mol. The average Bonchev–Trinajstić information content (AvgIpc) is 2.47. The predicted octanol–water partition coefficient (Wildman–Crippen LogP) is 3.34. The quantitative estimate of drug-likeness (QED) is 0.804. The molecule has 3 nitrogen and oxygen atoms in total. The lowest BCUT2D eigenvalue weighted by Crippen LogP contribution is -2.10. The van der Waals surface area contributed by atoms with Gasteiger partial charge in [0.2, 0.25) is 0 Å². The van der Waals surface area contributed by atoms with E-state index in [0.29, 0.717) is 0 Å². The van der Waals surface area contributed by atoms with Gasteiger partial charge in [0.15, 0.2) is 0 Å². The van der Waals surface area contributed by atoms with E-state index in [2.05, 4.69) is 20.8 Å². The summed E-state index contributed by atoms with van der Waals surface area (Å²) in [4.78, 5) is -0.0800. The first-order chi connectivity index (χ1) is 8.19. The molecular formula is C14H16O3S. The molecule has 0 saturated carbocycles. The minimum Gasteiger partial charge on any atom is -0.282 e. The minimum absolute atomic E-state index is 0.00560. The van der Waals surface area contributed by atoms with E-state index in [0.717, 1.165) is 16.7 Å². The van der Waals surface area contributed by atoms with Gasteiger partial charge in [-0.2, -0.15) is 8.42 Å². The van der Waals surface area contributed by atoms with Crippen molar-refractivity contribution in [3.63, 3.8) is 0 Å². The zero-order valence-electron chi connectivity index (χ0n) is 10.6. The van der Waals surface area contributed by atoms with Crippen LogP contribution in [0.5, 0.6) is 0 Å². The van der Waals surface area contributed by atoms with E-state index in [4.69, 9.17) is 4.55 Å². The van der Waals surface area contributed by atoms with Crippen LogP contribution in [0.25, 0.3) is 11.1 Å². The Kier molecular flexibility index (Phi) is 2.95. The van der Waals surface area contributed by atoms with Gasteiger partial charge >= 0.3 is 0 Å². The molecule has 0 unspecified atom stereocenters. The second-order valence-corrected chi connectivity index (χ2v) is 6.84. The normalized spacial score (nSPS) is 12.9. The van der Waals surface area contributed by atoms with Gasteiger partial charge in [-0.05, 0) is 34.2 Å². The average molecular weight is 264 g/mol. The summed E-state index contributed by atoms with van der Waals surface area (Å²) in [6.45, 7) is 6.33. The Hall–Kier alpha value is -1.39. The molecule has 0 aromatic carbocycles. The molecule has 0 saturated heterocycles. The summed E-state index contributed by atoms with van der Waals surface area (Å²) in [5, 5.41) is 0. The highest BCUT2D eigenvalue weighted by Crippen LogP contribution is 2.36. The second kappa shape index (κ2) is 4.07.